The number of rotatable bonds is 4. The normalized spacial score (nSPS) is 10.4. The van der Waals surface area contributed by atoms with Crippen molar-refractivity contribution in [2.24, 2.45) is 0 Å². The van der Waals surface area contributed by atoms with Crippen LogP contribution in [0.1, 0.15) is 12.1 Å². The van der Waals surface area contributed by atoms with E-state index in [1.54, 1.807) is 0 Å². The van der Waals surface area contributed by atoms with Crippen LogP contribution in [0, 0.1) is 6.92 Å². The van der Waals surface area contributed by atoms with E-state index in [9.17, 15) is 0 Å². The number of hydrogen-bond donors (Lipinski definition) is 0. The Morgan fingerprint density at radius 3 is 3.00 bits per heavy atom. The molecule has 0 fully saturated rings. The fraction of sp³-hybridized carbons (Fsp3) is 0.625. The number of aromatic nitrogens is 2. The predicted molar refractivity (Wildman–Crippen MR) is 50.0 cm³/mol. The summed E-state index contributed by atoms with van der Waals surface area (Å²) in [5.74, 6) is 1.22. The highest BCUT2D eigenvalue weighted by Crippen LogP contribution is 2.01. The van der Waals surface area contributed by atoms with Crippen LogP contribution >= 0.6 is 11.8 Å². The summed E-state index contributed by atoms with van der Waals surface area (Å²) in [6, 6.07) is 2.04. The van der Waals surface area contributed by atoms with Gasteiger partial charge in [0.25, 0.3) is 0 Å². The summed E-state index contributed by atoms with van der Waals surface area (Å²) in [5, 5.41) is 4.19. The van der Waals surface area contributed by atoms with E-state index in [2.05, 4.69) is 23.0 Å². The van der Waals surface area contributed by atoms with Gasteiger partial charge in [-0.15, -0.1) is 0 Å². The van der Waals surface area contributed by atoms with Crippen LogP contribution in [-0.4, -0.2) is 21.8 Å². The van der Waals surface area contributed by atoms with Crippen molar-refractivity contribution in [3.05, 3.63) is 18.0 Å². The van der Waals surface area contributed by atoms with Crippen molar-refractivity contribution in [2.45, 2.75) is 19.9 Å². The van der Waals surface area contributed by atoms with Gasteiger partial charge in [-0.1, -0.05) is 0 Å². The minimum Gasteiger partial charge on any atom is -0.270 e. The van der Waals surface area contributed by atoms with E-state index in [0.29, 0.717) is 0 Å². The molecule has 11 heavy (non-hydrogen) atoms. The van der Waals surface area contributed by atoms with Gasteiger partial charge >= 0.3 is 0 Å². The molecule has 0 aromatic carbocycles. The molecule has 0 N–H and O–H groups in total. The Labute approximate surface area is 72.0 Å². The topological polar surface area (TPSA) is 17.8 Å². The average Bonchev–Trinajstić information content (AvgIpc) is 2.37. The van der Waals surface area contributed by atoms with E-state index in [-0.39, 0.29) is 0 Å². The number of thioether (sulfide) groups is 1. The van der Waals surface area contributed by atoms with Crippen LogP contribution in [0.2, 0.25) is 0 Å². The van der Waals surface area contributed by atoms with Gasteiger partial charge in [-0.25, -0.2) is 0 Å². The number of nitrogens with zero attached hydrogens (tertiary/aromatic N) is 2. The lowest BCUT2D eigenvalue weighted by Crippen LogP contribution is -2.02. The summed E-state index contributed by atoms with van der Waals surface area (Å²) in [6.07, 6.45) is 5.20. The van der Waals surface area contributed by atoms with E-state index in [4.69, 9.17) is 0 Å². The first-order valence-corrected chi connectivity index (χ1v) is 5.21. The van der Waals surface area contributed by atoms with Gasteiger partial charge in [0.15, 0.2) is 0 Å². The molecule has 62 valence electrons. The molecule has 0 aliphatic carbocycles. The first kappa shape index (κ1) is 8.65. The second-order valence-electron chi connectivity index (χ2n) is 2.54. The summed E-state index contributed by atoms with van der Waals surface area (Å²) in [5.41, 5.74) is 1.26. The third-order valence-corrected chi connectivity index (χ3v) is 2.34. The maximum absolute atomic E-state index is 4.19. The van der Waals surface area contributed by atoms with Gasteiger partial charge in [0.05, 0.1) is 0 Å². The van der Waals surface area contributed by atoms with Crippen LogP contribution in [0.3, 0.4) is 0 Å². The van der Waals surface area contributed by atoms with Crippen LogP contribution in [0.25, 0.3) is 0 Å². The van der Waals surface area contributed by atoms with Gasteiger partial charge in [-0.05, 0) is 31.4 Å². The lowest BCUT2D eigenvalue weighted by molar-refractivity contribution is 0.590. The first-order valence-electron chi connectivity index (χ1n) is 3.82. The third kappa shape index (κ3) is 2.58. The molecule has 3 heteroatoms. The SMILES string of the molecule is CSCCCn1nccc1C. The van der Waals surface area contributed by atoms with Crippen molar-refractivity contribution in [1.29, 1.82) is 0 Å². The van der Waals surface area contributed by atoms with Crippen molar-refractivity contribution in [3.63, 3.8) is 0 Å². The average molecular weight is 170 g/mol. The van der Waals surface area contributed by atoms with Gasteiger partial charge in [0.2, 0.25) is 0 Å². The molecule has 1 aromatic rings. The highest BCUT2D eigenvalue weighted by atomic mass is 32.2. The van der Waals surface area contributed by atoms with Crippen molar-refractivity contribution < 1.29 is 0 Å². The molecular formula is C8H14N2S. The van der Waals surface area contributed by atoms with Gasteiger partial charge in [-0.2, -0.15) is 16.9 Å². The maximum Gasteiger partial charge on any atom is 0.0492 e. The Morgan fingerprint density at radius 2 is 2.45 bits per heavy atom. The fourth-order valence-corrected chi connectivity index (χ4v) is 1.41. The zero-order valence-electron chi connectivity index (χ0n) is 7.08. The van der Waals surface area contributed by atoms with Crippen molar-refractivity contribution >= 4 is 11.8 Å². The minimum atomic E-state index is 1.06. The minimum absolute atomic E-state index is 1.06. The van der Waals surface area contributed by atoms with Crippen molar-refractivity contribution in [3.8, 4) is 0 Å². The third-order valence-electron chi connectivity index (χ3n) is 1.65. The molecule has 2 nitrogen and oxygen atoms in total. The lowest BCUT2D eigenvalue weighted by Gasteiger charge is -2.01. The molecular weight excluding hydrogens is 156 g/mol. The van der Waals surface area contributed by atoms with E-state index < -0.39 is 0 Å². The van der Waals surface area contributed by atoms with Crippen LogP contribution in [0.4, 0.5) is 0 Å². The Morgan fingerprint density at radius 1 is 1.64 bits per heavy atom. The van der Waals surface area contributed by atoms with Crippen molar-refractivity contribution in [2.75, 3.05) is 12.0 Å². The van der Waals surface area contributed by atoms with Gasteiger partial charge in [-0.3, -0.25) is 4.68 Å². The Balaban J connectivity index is 2.32. The van der Waals surface area contributed by atoms with Gasteiger partial charge < -0.3 is 0 Å². The number of aryl methyl sites for hydroxylation is 2. The summed E-state index contributed by atoms with van der Waals surface area (Å²) in [4.78, 5) is 0. The highest BCUT2D eigenvalue weighted by Gasteiger charge is 1.94. The molecule has 0 aliphatic rings. The first-order chi connectivity index (χ1) is 5.34. The molecule has 1 heterocycles. The van der Waals surface area contributed by atoms with E-state index in [1.165, 1.54) is 17.9 Å². The molecule has 0 amide bonds. The lowest BCUT2D eigenvalue weighted by atomic mass is 10.4. The second-order valence-corrected chi connectivity index (χ2v) is 3.53. The summed E-state index contributed by atoms with van der Waals surface area (Å²) >= 11 is 1.89. The van der Waals surface area contributed by atoms with Crippen LogP contribution in [-0.2, 0) is 6.54 Å². The van der Waals surface area contributed by atoms with Crippen molar-refractivity contribution in [1.82, 2.24) is 9.78 Å². The Hall–Kier alpha value is -0.440. The van der Waals surface area contributed by atoms with E-state index >= 15 is 0 Å². The molecule has 1 rings (SSSR count). The zero-order valence-corrected chi connectivity index (χ0v) is 7.90. The molecule has 0 atom stereocenters. The summed E-state index contributed by atoms with van der Waals surface area (Å²) in [7, 11) is 0. The zero-order chi connectivity index (χ0) is 8.10. The molecule has 0 spiro atoms. The summed E-state index contributed by atoms with van der Waals surface area (Å²) < 4.78 is 2.05. The van der Waals surface area contributed by atoms with Crippen LogP contribution < -0.4 is 0 Å². The monoisotopic (exact) mass is 170 g/mol. The molecule has 0 bridgehead atoms. The van der Waals surface area contributed by atoms with Crippen LogP contribution in [0.5, 0.6) is 0 Å². The fourth-order valence-electron chi connectivity index (χ4n) is 0.992. The molecule has 0 aliphatic heterocycles. The number of hydrogen-bond acceptors (Lipinski definition) is 2. The standard InChI is InChI=1S/C8H14N2S/c1-8-4-5-9-10(8)6-3-7-11-2/h4-5H,3,6-7H2,1-2H3. The largest absolute Gasteiger partial charge is 0.270 e. The molecule has 0 saturated heterocycles. The molecule has 0 saturated carbocycles. The molecule has 1 aromatic heterocycles. The molecule has 0 radical (unpaired) electrons. The smallest absolute Gasteiger partial charge is 0.0492 e. The highest BCUT2D eigenvalue weighted by molar-refractivity contribution is 7.98. The predicted octanol–water partition coefficient (Wildman–Crippen LogP) is 1.94. The quantitative estimate of drug-likeness (QED) is 0.643. The van der Waals surface area contributed by atoms with Gasteiger partial charge in [0, 0.05) is 18.4 Å². The molecule has 0 unspecified atom stereocenters. The Bertz CT molecular complexity index is 208. The van der Waals surface area contributed by atoms with E-state index in [0.717, 1.165) is 6.54 Å². The second kappa shape index (κ2) is 4.44. The van der Waals surface area contributed by atoms with E-state index in [1.807, 2.05) is 24.0 Å². The maximum atomic E-state index is 4.19. The van der Waals surface area contributed by atoms with Crippen LogP contribution in [0.15, 0.2) is 12.3 Å². The Kier molecular flexibility index (Phi) is 3.49. The van der Waals surface area contributed by atoms with Gasteiger partial charge in [0.1, 0.15) is 0 Å². The summed E-state index contributed by atoms with van der Waals surface area (Å²) in [6.45, 7) is 3.14.